The molecule has 1 fully saturated rings. The Morgan fingerprint density at radius 1 is 1.27 bits per heavy atom. The molecule has 1 saturated heterocycles. The predicted octanol–water partition coefficient (Wildman–Crippen LogP) is 2.73. The van der Waals surface area contributed by atoms with Crippen LogP contribution in [-0.4, -0.2) is 44.8 Å². The van der Waals surface area contributed by atoms with Crippen LogP contribution in [0.3, 0.4) is 0 Å². The smallest absolute Gasteiger partial charge is 0.306 e. The first-order chi connectivity index (χ1) is 12.3. The van der Waals surface area contributed by atoms with E-state index in [1.807, 2.05) is 55.8 Å². The monoisotopic (exact) mass is 355 g/mol. The van der Waals surface area contributed by atoms with Crippen LogP contribution in [0, 0.1) is 25.7 Å². The summed E-state index contributed by atoms with van der Waals surface area (Å²) in [5, 5.41) is 13.7. The lowest BCUT2D eigenvalue weighted by atomic mass is 9.87. The molecular weight excluding hydrogens is 330 g/mol. The second-order valence-corrected chi connectivity index (χ2v) is 7.25. The van der Waals surface area contributed by atoms with Crippen molar-refractivity contribution in [3.05, 3.63) is 52.8 Å². The molecule has 1 N–H and O–H groups in total. The Bertz CT molecular complexity index is 827. The van der Waals surface area contributed by atoms with Crippen LogP contribution in [0.2, 0.25) is 0 Å². The Balaban J connectivity index is 1.72. The van der Waals surface area contributed by atoms with E-state index in [2.05, 4.69) is 5.10 Å². The van der Waals surface area contributed by atoms with E-state index >= 15 is 0 Å². The summed E-state index contributed by atoms with van der Waals surface area (Å²) in [5.41, 5.74) is 3.73. The summed E-state index contributed by atoms with van der Waals surface area (Å²) in [5.74, 6) is -1.20. The zero-order valence-corrected chi connectivity index (χ0v) is 15.5. The number of carboxylic acids is 1. The first kappa shape index (κ1) is 18.2. The number of benzene rings is 1. The van der Waals surface area contributed by atoms with E-state index in [1.54, 1.807) is 4.90 Å². The van der Waals surface area contributed by atoms with Crippen molar-refractivity contribution >= 4 is 11.9 Å². The molecule has 6 heteroatoms. The largest absolute Gasteiger partial charge is 0.481 e. The molecule has 2 atom stereocenters. The van der Waals surface area contributed by atoms with Crippen molar-refractivity contribution in [1.29, 1.82) is 0 Å². The number of nitrogens with zero attached hydrogens (tertiary/aromatic N) is 3. The van der Waals surface area contributed by atoms with Gasteiger partial charge in [0, 0.05) is 24.3 Å². The third-order valence-electron chi connectivity index (χ3n) is 5.12. The van der Waals surface area contributed by atoms with E-state index in [-0.39, 0.29) is 17.7 Å². The van der Waals surface area contributed by atoms with Gasteiger partial charge in [-0.05, 0) is 49.9 Å². The van der Waals surface area contributed by atoms with Crippen LogP contribution in [0.25, 0.3) is 0 Å². The molecule has 2 heterocycles. The maximum absolute atomic E-state index is 12.9. The van der Waals surface area contributed by atoms with Crippen molar-refractivity contribution in [2.45, 2.75) is 33.7 Å². The van der Waals surface area contributed by atoms with E-state index in [1.165, 1.54) is 0 Å². The van der Waals surface area contributed by atoms with Crippen molar-refractivity contribution in [2.24, 2.45) is 11.8 Å². The summed E-state index contributed by atoms with van der Waals surface area (Å²) in [6, 6.07) is 9.64. The van der Waals surface area contributed by atoms with Gasteiger partial charge in [-0.2, -0.15) is 5.10 Å². The van der Waals surface area contributed by atoms with Gasteiger partial charge in [-0.25, -0.2) is 0 Å². The number of rotatable bonds is 4. The number of carboxylic acid groups (broad SMARTS) is 1. The summed E-state index contributed by atoms with van der Waals surface area (Å²) in [7, 11) is 0. The quantitative estimate of drug-likeness (QED) is 0.915. The SMILES string of the molecule is Cc1cc(C)n(Cc2cccc(C(=O)N3CCC(C(=O)O)C(C)C3)c2)n1. The number of hydrogen-bond acceptors (Lipinski definition) is 3. The zero-order chi connectivity index (χ0) is 18.8. The van der Waals surface area contributed by atoms with Crippen LogP contribution in [0.5, 0.6) is 0 Å². The number of likely N-dealkylation sites (tertiary alicyclic amines) is 1. The molecule has 1 aromatic carbocycles. The molecule has 3 rings (SSSR count). The molecule has 1 aliphatic rings. The molecular formula is C20H25N3O3. The molecule has 0 spiro atoms. The molecule has 2 unspecified atom stereocenters. The van der Waals surface area contributed by atoms with Gasteiger partial charge in [0.1, 0.15) is 0 Å². The Morgan fingerprint density at radius 3 is 2.65 bits per heavy atom. The Labute approximate surface area is 153 Å². The molecule has 0 aliphatic carbocycles. The number of aryl methyl sites for hydroxylation is 2. The lowest BCUT2D eigenvalue weighted by Crippen LogP contribution is -2.45. The molecule has 0 bridgehead atoms. The van der Waals surface area contributed by atoms with E-state index in [4.69, 9.17) is 0 Å². The number of amides is 1. The van der Waals surface area contributed by atoms with Crippen molar-refractivity contribution in [2.75, 3.05) is 13.1 Å². The van der Waals surface area contributed by atoms with E-state index in [9.17, 15) is 14.7 Å². The average molecular weight is 355 g/mol. The molecule has 1 aromatic heterocycles. The van der Waals surface area contributed by atoms with E-state index in [0.29, 0.717) is 31.6 Å². The van der Waals surface area contributed by atoms with Crippen molar-refractivity contribution in [3.63, 3.8) is 0 Å². The van der Waals surface area contributed by atoms with Gasteiger partial charge in [-0.15, -0.1) is 0 Å². The number of aromatic nitrogens is 2. The molecule has 6 nitrogen and oxygen atoms in total. The molecule has 1 amide bonds. The fraction of sp³-hybridized carbons (Fsp3) is 0.450. The van der Waals surface area contributed by atoms with Gasteiger partial charge >= 0.3 is 5.97 Å². The number of carbonyl (C=O) groups excluding carboxylic acids is 1. The molecule has 2 aromatic rings. The zero-order valence-electron chi connectivity index (χ0n) is 15.5. The maximum Gasteiger partial charge on any atom is 0.306 e. The van der Waals surface area contributed by atoms with Crippen molar-refractivity contribution in [1.82, 2.24) is 14.7 Å². The lowest BCUT2D eigenvalue weighted by Gasteiger charge is -2.35. The minimum Gasteiger partial charge on any atom is -0.481 e. The number of carbonyl (C=O) groups is 2. The predicted molar refractivity (Wildman–Crippen MR) is 98.1 cm³/mol. The van der Waals surface area contributed by atoms with Gasteiger partial charge in [0.2, 0.25) is 0 Å². The Kier molecular flexibility index (Phi) is 5.11. The molecule has 1 aliphatic heterocycles. The van der Waals surface area contributed by atoms with Crippen LogP contribution < -0.4 is 0 Å². The first-order valence-corrected chi connectivity index (χ1v) is 8.97. The molecule has 26 heavy (non-hydrogen) atoms. The van der Waals surface area contributed by atoms with E-state index < -0.39 is 5.97 Å². The third-order valence-corrected chi connectivity index (χ3v) is 5.12. The number of hydrogen-bond donors (Lipinski definition) is 1. The van der Waals surface area contributed by atoms with Gasteiger partial charge in [0.25, 0.3) is 5.91 Å². The standard InChI is InChI=1S/C20H25N3O3/c1-13-11-22(8-7-18(13)20(25)26)19(24)17-6-4-5-16(10-17)12-23-15(3)9-14(2)21-23/h4-6,9-10,13,18H,7-8,11-12H2,1-3H3,(H,25,26). The minimum atomic E-state index is -0.767. The van der Waals surface area contributed by atoms with Crippen LogP contribution in [0.1, 0.15) is 40.7 Å². The summed E-state index contributed by atoms with van der Waals surface area (Å²) < 4.78 is 1.93. The highest BCUT2D eigenvalue weighted by Gasteiger charge is 2.33. The van der Waals surface area contributed by atoms with Gasteiger partial charge in [0.15, 0.2) is 0 Å². The van der Waals surface area contributed by atoms with Gasteiger partial charge < -0.3 is 10.0 Å². The van der Waals surface area contributed by atoms with Crippen LogP contribution in [-0.2, 0) is 11.3 Å². The molecule has 0 saturated carbocycles. The highest BCUT2D eigenvalue weighted by atomic mass is 16.4. The van der Waals surface area contributed by atoms with E-state index in [0.717, 1.165) is 17.0 Å². The lowest BCUT2D eigenvalue weighted by molar-refractivity contribution is -0.145. The topological polar surface area (TPSA) is 75.4 Å². The highest BCUT2D eigenvalue weighted by Crippen LogP contribution is 2.25. The van der Waals surface area contributed by atoms with Gasteiger partial charge in [0.05, 0.1) is 18.2 Å². The van der Waals surface area contributed by atoms with Crippen molar-refractivity contribution in [3.8, 4) is 0 Å². The first-order valence-electron chi connectivity index (χ1n) is 8.97. The van der Waals surface area contributed by atoms with Crippen LogP contribution in [0.4, 0.5) is 0 Å². The van der Waals surface area contributed by atoms with Crippen LogP contribution in [0.15, 0.2) is 30.3 Å². The second-order valence-electron chi connectivity index (χ2n) is 7.25. The Morgan fingerprint density at radius 2 is 2.04 bits per heavy atom. The van der Waals surface area contributed by atoms with Gasteiger partial charge in [-0.1, -0.05) is 19.1 Å². The summed E-state index contributed by atoms with van der Waals surface area (Å²) in [6.07, 6.45) is 0.508. The maximum atomic E-state index is 12.9. The fourth-order valence-corrected chi connectivity index (χ4v) is 3.69. The highest BCUT2D eigenvalue weighted by molar-refractivity contribution is 5.94. The van der Waals surface area contributed by atoms with Gasteiger partial charge in [-0.3, -0.25) is 14.3 Å². The fourth-order valence-electron chi connectivity index (χ4n) is 3.69. The van der Waals surface area contributed by atoms with Crippen molar-refractivity contribution < 1.29 is 14.7 Å². The number of piperidine rings is 1. The third kappa shape index (κ3) is 3.79. The number of aliphatic carboxylic acids is 1. The average Bonchev–Trinajstić information content (AvgIpc) is 2.91. The normalized spacial score (nSPS) is 20.2. The summed E-state index contributed by atoms with van der Waals surface area (Å²) in [6.45, 7) is 7.48. The summed E-state index contributed by atoms with van der Waals surface area (Å²) >= 11 is 0. The minimum absolute atomic E-state index is 0.0316. The second kappa shape index (κ2) is 7.32. The Hall–Kier alpha value is -2.63. The van der Waals surface area contributed by atoms with Crippen LogP contribution >= 0.6 is 0 Å². The summed E-state index contributed by atoms with van der Waals surface area (Å²) in [4.78, 5) is 25.9. The molecule has 138 valence electrons. The molecule has 0 radical (unpaired) electrons.